The van der Waals surface area contributed by atoms with Crippen LogP contribution in [0.5, 0.6) is 0 Å². The van der Waals surface area contributed by atoms with Gasteiger partial charge in [0.25, 0.3) is 5.91 Å². The van der Waals surface area contributed by atoms with Crippen LogP contribution < -0.4 is 0 Å². The Labute approximate surface area is 127 Å². The number of rotatable bonds is 3. The van der Waals surface area contributed by atoms with Crippen LogP contribution in [0.15, 0.2) is 35.0 Å². The number of amides is 1. The molecule has 23 heavy (non-hydrogen) atoms. The summed E-state index contributed by atoms with van der Waals surface area (Å²) in [7, 11) is 0. The number of carboxylic acid groups (broad SMARTS) is 1. The molecule has 3 rings (SSSR count). The molecule has 1 N–H and O–H groups in total. The molecule has 0 saturated carbocycles. The van der Waals surface area contributed by atoms with E-state index in [0.29, 0.717) is 5.82 Å². The normalized spacial score (nSPS) is 19.8. The number of aromatic nitrogens is 2. The Hall–Kier alpha value is -2.71. The van der Waals surface area contributed by atoms with Crippen LogP contribution in [0.4, 0.5) is 13.2 Å². The number of aliphatic imine (C=N–C) groups is 1. The van der Waals surface area contributed by atoms with Crippen molar-refractivity contribution in [1.82, 2.24) is 9.55 Å². The topological polar surface area (TPSA) is 84.5 Å². The van der Waals surface area contributed by atoms with E-state index in [1.165, 1.54) is 16.8 Å². The zero-order valence-electron chi connectivity index (χ0n) is 11.5. The number of carboxylic acids is 1. The van der Waals surface area contributed by atoms with Crippen LogP contribution in [-0.2, 0) is 11.2 Å². The van der Waals surface area contributed by atoms with Crippen LogP contribution in [0, 0.1) is 0 Å². The fourth-order valence-electron chi connectivity index (χ4n) is 2.53. The van der Waals surface area contributed by atoms with Crippen molar-refractivity contribution in [3.05, 3.63) is 41.5 Å². The standard InChI is InChI=1S/C14H10F3N3O3/c15-14(16,17)7-1-2-9-8(5-7)19-13(23)10-6-18-11(20(9)10)3-4-12(21)22/h1-2,5-6,9H,3-4H2,(H,21,22). The average Bonchev–Trinajstić information content (AvgIpc) is 2.88. The van der Waals surface area contributed by atoms with Gasteiger partial charge in [0.2, 0.25) is 0 Å². The van der Waals surface area contributed by atoms with Crippen LogP contribution in [0.25, 0.3) is 0 Å². The summed E-state index contributed by atoms with van der Waals surface area (Å²) >= 11 is 0. The van der Waals surface area contributed by atoms with Gasteiger partial charge in [-0.05, 0) is 6.08 Å². The number of carbonyl (C=O) groups excluding carboxylic acids is 1. The van der Waals surface area contributed by atoms with E-state index in [9.17, 15) is 22.8 Å². The highest BCUT2D eigenvalue weighted by molar-refractivity contribution is 6.13. The van der Waals surface area contributed by atoms with E-state index in [2.05, 4.69) is 9.98 Å². The molecular formula is C14H10F3N3O3. The zero-order chi connectivity index (χ0) is 16.8. The van der Waals surface area contributed by atoms with Gasteiger partial charge in [0.1, 0.15) is 11.5 Å². The van der Waals surface area contributed by atoms with Gasteiger partial charge in [0, 0.05) is 6.42 Å². The van der Waals surface area contributed by atoms with Crippen molar-refractivity contribution in [3.63, 3.8) is 0 Å². The van der Waals surface area contributed by atoms with Crippen LogP contribution in [-0.4, -0.2) is 38.4 Å². The van der Waals surface area contributed by atoms with Crippen LogP contribution >= 0.6 is 0 Å². The average molecular weight is 325 g/mol. The number of carbonyl (C=O) groups is 2. The Morgan fingerprint density at radius 2 is 2.13 bits per heavy atom. The molecule has 120 valence electrons. The summed E-state index contributed by atoms with van der Waals surface area (Å²) in [5.74, 6) is -1.41. The van der Waals surface area contributed by atoms with Gasteiger partial charge in [-0.1, -0.05) is 12.2 Å². The van der Waals surface area contributed by atoms with Gasteiger partial charge in [-0.2, -0.15) is 13.2 Å². The van der Waals surface area contributed by atoms with Crippen molar-refractivity contribution < 1.29 is 27.9 Å². The van der Waals surface area contributed by atoms with Crippen LogP contribution in [0.3, 0.4) is 0 Å². The number of aryl methyl sites for hydroxylation is 1. The van der Waals surface area contributed by atoms with Gasteiger partial charge in [0.15, 0.2) is 0 Å². The number of alkyl halides is 3. The van der Waals surface area contributed by atoms with Crippen LogP contribution in [0.2, 0.25) is 0 Å². The molecule has 0 aromatic carbocycles. The highest BCUT2D eigenvalue weighted by Crippen LogP contribution is 2.34. The number of hydrogen-bond acceptors (Lipinski definition) is 3. The summed E-state index contributed by atoms with van der Waals surface area (Å²) < 4.78 is 39.8. The number of nitrogens with zero attached hydrogens (tertiary/aromatic N) is 3. The van der Waals surface area contributed by atoms with Crippen molar-refractivity contribution in [3.8, 4) is 0 Å². The number of fused-ring (bicyclic) bond motifs is 3. The molecule has 1 aliphatic carbocycles. The lowest BCUT2D eigenvalue weighted by Crippen LogP contribution is -2.30. The van der Waals surface area contributed by atoms with Crippen LogP contribution in [0.1, 0.15) is 28.8 Å². The van der Waals surface area contributed by atoms with Gasteiger partial charge in [0.05, 0.1) is 29.9 Å². The first-order valence-electron chi connectivity index (χ1n) is 6.65. The maximum Gasteiger partial charge on any atom is 0.416 e. The molecule has 0 spiro atoms. The monoisotopic (exact) mass is 325 g/mol. The van der Waals surface area contributed by atoms with E-state index >= 15 is 0 Å². The second-order valence-corrected chi connectivity index (χ2v) is 5.07. The lowest BCUT2D eigenvalue weighted by atomic mass is 9.98. The molecule has 1 aromatic heterocycles. The zero-order valence-corrected chi connectivity index (χ0v) is 11.5. The molecule has 2 heterocycles. The molecule has 1 unspecified atom stereocenters. The van der Waals surface area contributed by atoms with Gasteiger partial charge in [-0.15, -0.1) is 0 Å². The molecule has 0 fully saturated rings. The molecule has 9 heteroatoms. The molecule has 0 bridgehead atoms. The lowest BCUT2D eigenvalue weighted by molar-refractivity contribution is -0.137. The molecule has 1 aromatic rings. The molecular weight excluding hydrogens is 315 g/mol. The molecule has 1 aliphatic heterocycles. The van der Waals surface area contributed by atoms with Crippen molar-refractivity contribution >= 4 is 17.6 Å². The first-order chi connectivity index (χ1) is 10.8. The Morgan fingerprint density at radius 3 is 2.78 bits per heavy atom. The van der Waals surface area contributed by atoms with Crippen molar-refractivity contribution in [2.24, 2.45) is 4.99 Å². The van der Waals surface area contributed by atoms with Gasteiger partial charge in [-0.3, -0.25) is 9.59 Å². The predicted octanol–water partition coefficient (Wildman–Crippen LogP) is 2.09. The highest BCUT2D eigenvalue weighted by atomic mass is 19.4. The number of allylic oxidation sites excluding steroid dienone is 4. The van der Waals surface area contributed by atoms with E-state index in [1.807, 2.05) is 0 Å². The lowest BCUT2D eigenvalue weighted by Gasteiger charge is -2.26. The molecule has 2 aliphatic rings. The van der Waals surface area contributed by atoms with Gasteiger partial charge in [-0.25, -0.2) is 9.98 Å². The van der Waals surface area contributed by atoms with E-state index in [-0.39, 0.29) is 24.2 Å². The predicted molar refractivity (Wildman–Crippen MR) is 72.3 cm³/mol. The minimum Gasteiger partial charge on any atom is -0.481 e. The Kier molecular flexibility index (Phi) is 3.42. The van der Waals surface area contributed by atoms with E-state index in [1.54, 1.807) is 0 Å². The van der Waals surface area contributed by atoms with Crippen molar-refractivity contribution in [2.75, 3.05) is 0 Å². The molecule has 1 atom stereocenters. The number of halogens is 3. The summed E-state index contributed by atoms with van der Waals surface area (Å²) in [6.07, 6.45) is -0.376. The minimum atomic E-state index is -4.53. The smallest absolute Gasteiger partial charge is 0.416 e. The third-order valence-electron chi connectivity index (χ3n) is 3.56. The largest absolute Gasteiger partial charge is 0.481 e. The summed E-state index contributed by atoms with van der Waals surface area (Å²) in [5, 5.41) is 8.75. The van der Waals surface area contributed by atoms with E-state index < -0.39 is 29.7 Å². The van der Waals surface area contributed by atoms with Crippen molar-refractivity contribution in [1.29, 1.82) is 0 Å². The Balaban J connectivity index is 2.00. The SMILES string of the molecule is O=C(O)CCc1ncc2n1C1C=CC(C(F)(F)F)=CC1=NC2=O. The fraction of sp³-hybridized carbons (Fsp3) is 0.286. The van der Waals surface area contributed by atoms with Crippen molar-refractivity contribution in [2.45, 2.75) is 25.1 Å². The summed E-state index contributed by atoms with van der Waals surface area (Å²) in [4.78, 5) is 30.3. The van der Waals surface area contributed by atoms with E-state index in [0.717, 1.165) is 12.2 Å². The maximum atomic E-state index is 12.8. The Morgan fingerprint density at radius 1 is 1.39 bits per heavy atom. The van der Waals surface area contributed by atoms with Gasteiger partial charge >= 0.3 is 12.1 Å². The van der Waals surface area contributed by atoms with E-state index in [4.69, 9.17) is 5.11 Å². The summed E-state index contributed by atoms with van der Waals surface area (Å²) in [6, 6.07) is -0.694. The fourth-order valence-corrected chi connectivity index (χ4v) is 2.53. The third kappa shape index (κ3) is 2.69. The number of aliphatic carboxylic acids is 1. The summed E-state index contributed by atoms with van der Waals surface area (Å²) in [5.41, 5.74) is -0.796. The number of imidazole rings is 1. The molecule has 6 nitrogen and oxygen atoms in total. The first kappa shape index (κ1) is 15.2. The first-order valence-corrected chi connectivity index (χ1v) is 6.65. The second-order valence-electron chi connectivity index (χ2n) is 5.07. The third-order valence-corrected chi connectivity index (χ3v) is 3.56. The Bertz CT molecular complexity index is 787. The highest BCUT2D eigenvalue weighted by Gasteiger charge is 2.37. The van der Waals surface area contributed by atoms with Gasteiger partial charge < -0.3 is 9.67 Å². The minimum absolute atomic E-state index is 0.0353. The maximum absolute atomic E-state index is 12.8. The second kappa shape index (κ2) is 5.18. The molecule has 0 radical (unpaired) electrons. The quantitative estimate of drug-likeness (QED) is 0.922. The molecule has 0 saturated heterocycles. The summed E-state index contributed by atoms with van der Waals surface area (Å²) in [6.45, 7) is 0. The molecule has 1 amide bonds. The number of hydrogen-bond donors (Lipinski definition) is 1.